The van der Waals surface area contributed by atoms with Gasteiger partial charge < -0.3 is 15.2 Å². The summed E-state index contributed by atoms with van der Waals surface area (Å²) >= 11 is 0.888. The number of carboxylic acid groups (broad SMARTS) is 1. The normalized spacial score (nSPS) is 10.7. The van der Waals surface area contributed by atoms with Gasteiger partial charge in [0.1, 0.15) is 21.9 Å². The molecule has 0 radical (unpaired) electrons. The Morgan fingerprint density at radius 2 is 1.72 bits per heavy atom. The summed E-state index contributed by atoms with van der Waals surface area (Å²) in [6, 6.07) is 7.36. The number of aryl methyl sites for hydroxylation is 1. The molecule has 0 unspecified atom stereocenters. The Hall–Kier alpha value is -3.33. The number of nitrogens with one attached hydrogen (secondary N) is 1. The fourth-order valence-electron chi connectivity index (χ4n) is 2.74. The highest BCUT2D eigenvalue weighted by molar-refractivity contribution is 7.15. The fourth-order valence-corrected chi connectivity index (χ4v) is 3.70. The standard InChI is InChI=1S/C20H14F3NO4S/c1-9-3-5-10(6-4-9)11-8-29-19(14(11)20(26)27)24-18(25)15-12(21)7-13(22)17(28-2)16(15)23/h3-8H,1-2H3,(H,24,25)(H,26,27). The van der Waals surface area contributed by atoms with Crippen LogP contribution in [0.4, 0.5) is 18.2 Å². The van der Waals surface area contributed by atoms with E-state index in [0.717, 1.165) is 24.0 Å². The Bertz CT molecular complexity index is 1110. The number of ether oxygens (including phenoxy) is 1. The van der Waals surface area contributed by atoms with Crippen LogP contribution in [0, 0.1) is 24.4 Å². The van der Waals surface area contributed by atoms with E-state index in [1.54, 1.807) is 24.3 Å². The number of carbonyl (C=O) groups is 2. The van der Waals surface area contributed by atoms with E-state index in [-0.39, 0.29) is 10.6 Å². The van der Waals surface area contributed by atoms with Crippen LogP contribution in [0.3, 0.4) is 0 Å². The maximum absolute atomic E-state index is 14.3. The van der Waals surface area contributed by atoms with Gasteiger partial charge in [0.05, 0.1) is 7.11 Å². The molecule has 9 heteroatoms. The summed E-state index contributed by atoms with van der Waals surface area (Å²) < 4.78 is 46.5. The number of aromatic carboxylic acids is 1. The molecule has 0 aliphatic heterocycles. The minimum Gasteiger partial charge on any atom is -0.491 e. The first-order chi connectivity index (χ1) is 13.7. The molecule has 5 nitrogen and oxygen atoms in total. The second kappa shape index (κ2) is 7.96. The number of amides is 1. The van der Waals surface area contributed by atoms with E-state index in [1.807, 2.05) is 6.92 Å². The molecule has 1 aromatic heterocycles. The summed E-state index contributed by atoms with van der Waals surface area (Å²) in [5.74, 6) is -7.77. The van der Waals surface area contributed by atoms with Crippen LogP contribution in [-0.2, 0) is 0 Å². The molecule has 3 rings (SSSR count). The van der Waals surface area contributed by atoms with Crippen LogP contribution in [0.5, 0.6) is 5.75 Å². The van der Waals surface area contributed by atoms with Crippen molar-refractivity contribution in [2.75, 3.05) is 12.4 Å². The summed E-state index contributed by atoms with van der Waals surface area (Å²) in [4.78, 5) is 24.2. The van der Waals surface area contributed by atoms with Gasteiger partial charge in [-0.25, -0.2) is 18.0 Å². The molecule has 0 spiro atoms. The molecule has 3 aromatic rings. The molecule has 0 saturated heterocycles. The minimum absolute atomic E-state index is 0.111. The molecular weight excluding hydrogens is 407 g/mol. The van der Waals surface area contributed by atoms with Gasteiger partial charge >= 0.3 is 5.97 Å². The van der Waals surface area contributed by atoms with Gasteiger partial charge in [-0.05, 0) is 12.5 Å². The highest BCUT2D eigenvalue weighted by Gasteiger charge is 2.27. The van der Waals surface area contributed by atoms with Crippen molar-refractivity contribution in [3.8, 4) is 16.9 Å². The van der Waals surface area contributed by atoms with Gasteiger partial charge in [0.15, 0.2) is 17.4 Å². The summed E-state index contributed by atoms with van der Waals surface area (Å²) in [7, 11) is 0.969. The van der Waals surface area contributed by atoms with Crippen LogP contribution in [0.15, 0.2) is 35.7 Å². The molecule has 0 atom stereocenters. The molecule has 150 valence electrons. The smallest absolute Gasteiger partial charge is 0.339 e. The molecule has 2 N–H and O–H groups in total. The Balaban J connectivity index is 2.02. The zero-order valence-corrected chi connectivity index (χ0v) is 16.0. The van der Waals surface area contributed by atoms with Crippen molar-refractivity contribution in [1.29, 1.82) is 0 Å². The average molecular weight is 421 g/mol. The van der Waals surface area contributed by atoms with Gasteiger partial charge in [0, 0.05) is 17.0 Å². The topological polar surface area (TPSA) is 75.6 Å². The second-order valence-corrected chi connectivity index (χ2v) is 6.92. The predicted molar refractivity (Wildman–Crippen MR) is 102 cm³/mol. The molecule has 1 heterocycles. The van der Waals surface area contributed by atoms with E-state index < -0.39 is 40.6 Å². The lowest BCUT2D eigenvalue weighted by Crippen LogP contribution is -2.18. The molecule has 0 saturated carbocycles. The highest BCUT2D eigenvalue weighted by atomic mass is 32.1. The van der Waals surface area contributed by atoms with Crippen molar-refractivity contribution in [3.63, 3.8) is 0 Å². The minimum atomic E-state index is -1.52. The third kappa shape index (κ3) is 3.81. The van der Waals surface area contributed by atoms with Crippen molar-refractivity contribution in [1.82, 2.24) is 0 Å². The first-order valence-electron chi connectivity index (χ1n) is 8.19. The number of anilines is 1. The van der Waals surface area contributed by atoms with E-state index in [2.05, 4.69) is 10.1 Å². The van der Waals surface area contributed by atoms with Crippen molar-refractivity contribution in [3.05, 3.63) is 69.9 Å². The fraction of sp³-hybridized carbons (Fsp3) is 0.100. The summed E-state index contributed by atoms with van der Waals surface area (Å²) in [6.45, 7) is 1.88. The van der Waals surface area contributed by atoms with Gasteiger partial charge in [-0.3, -0.25) is 4.79 Å². The zero-order valence-electron chi connectivity index (χ0n) is 15.2. The molecule has 0 aliphatic carbocycles. The quantitative estimate of drug-likeness (QED) is 0.601. The summed E-state index contributed by atoms with van der Waals surface area (Å²) in [5, 5.41) is 13.2. The van der Waals surface area contributed by atoms with E-state index in [0.29, 0.717) is 17.2 Å². The number of thiophene rings is 1. The van der Waals surface area contributed by atoms with Gasteiger partial charge in [-0.15, -0.1) is 11.3 Å². The first-order valence-corrected chi connectivity index (χ1v) is 9.07. The van der Waals surface area contributed by atoms with Gasteiger partial charge in [-0.1, -0.05) is 29.8 Å². The molecule has 0 fully saturated rings. The number of carbonyl (C=O) groups excluding carboxylic acids is 1. The van der Waals surface area contributed by atoms with Gasteiger partial charge in [-0.2, -0.15) is 0 Å². The molecule has 1 amide bonds. The van der Waals surface area contributed by atoms with Gasteiger partial charge in [0.2, 0.25) is 0 Å². The van der Waals surface area contributed by atoms with Crippen molar-refractivity contribution < 1.29 is 32.6 Å². The van der Waals surface area contributed by atoms with E-state index >= 15 is 0 Å². The van der Waals surface area contributed by atoms with Crippen LogP contribution in [0.25, 0.3) is 11.1 Å². The second-order valence-electron chi connectivity index (χ2n) is 6.04. The largest absolute Gasteiger partial charge is 0.491 e. The van der Waals surface area contributed by atoms with Gasteiger partial charge in [0.25, 0.3) is 5.91 Å². The number of methoxy groups -OCH3 is 1. The van der Waals surface area contributed by atoms with E-state index in [9.17, 15) is 27.9 Å². The Morgan fingerprint density at radius 3 is 2.31 bits per heavy atom. The van der Waals surface area contributed by atoms with Crippen molar-refractivity contribution in [2.45, 2.75) is 6.92 Å². The lowest BCUT2D eigenvalue weighted by atomic mass is 10.0. The highest BCUT2D eigenvalue weighted by Crippen LogP contribution is 2.36. The molecule has 2 aromatic carbocycles. The van der Waals surface area contributed by atoms with Crippen LogP contribution < -0.4 is 10.1 Å². The monoisotopic (exact) mass is 421 g/mol. The van der Waals surface area contributed by atoms with Crippen LogP contribution in [0.1, 0.15) is 26.3 Å². The number of benzene rings is 2. The number of hydrogen-bond acceptors (Lipinski definition) is 4. The summed E-state index contributed by atoms with van der Waals surface area (Å²) in [6.07, 6.45) is 0. The van der Waals surface area contributed by atoms with E-state index in [1.165, 1.54) is 5.38 Å². The Morgan fingerprint density at radius 1 is 1.07 bits per heavy atom. The lowest BCUT2D eigenvalue weighted by molar-refractivity contribution is 0.0699. The number of carboxylic acids is 1. The average Bonchev–Trinajstić information content (AvgIpc) is 3.06. The number of halogens is 3. The lowest BCUT2D eigenvalue weighted by Gasteiger charge is -2.10. The van der Waals surface area contributed by atoms with Crippen LogP contribution in [0.2, 0.25) is 0 Å². The molecule has 0 aliphatic rings. The van der Waals surface area contributed by atoms with Crippen molar-refractivity contribution in [2.24, 2.45) is 0 Å². The zero-order chi connectivity index (χ0) is 21.3. The third-order valence-electron chi connectivity index (χ3n) is 4.15. The number of rotatable bonds is 5. The maximum atomic E-state index is 14.3. The molecule has 0 bridgehead atoms. The third-order valence-corrected chi connectivity index (χ3v) is 5.05. The summed E-state index contributed by atoms with van der Waals surface area (Å²) in [5.41, 5.74) is 0.624. The predicted octanol–water partition coefficient (Wildman–Crippen LogP) is 5.10. The SMILES string of the molecule is COc1c(F)cc(F)c(C(=O)Nc2scc(-c3ccc(C)cc3)c2C(=O)O)c1F. The molecular formula is C20H14F3NO4S. The van der Waals surface area contributed by atoms with E-state index in [4.69, 9.17) is 0 Å². The Kier molecular flexibility index (Phi) is 5.60. The van der Waals surface area contributed by atoms with Crippen LogP contribution in [-0.4, -0.2) is 24.1 Å². The Labute approximate surface area is 167 Å². The van der Waals surface area contributed by atoms with Crippen LogP contribution >= 0.6 is 11.3 Å². The first kappa shape index (κ1) is 20.4. The molecule has 29 heavy (non-hydrogen) atoms. The van der Waals surface area contributed by atoms with Crippen molar-refractivity contribution >= 4 is 28.2 Å². The maximum Gasteiger partial charge on any atom is 0.339 e. The number of hydrogen-bond donors (Lipinski definition) is 2.